The van der Waals surface area contributed by atoms with Crippen molar-refractivity contribution in [1.29, 1.82) is 0 Å². The van der Waals surface area contributed by atoms with Gasteiger partial charge in [0.05, 0.1) is 5.03 Å². The number of nitrogens with zero attached hydrogens (tertiary/aromatic N) is 1. The average Bonchev–Trinajstić information content (AvgIpc) is 2.27. The fourth-order valence-electron chi connectivity index (χ4n) is 2.17. The van der Waals surface area contributed by atoms with E-state index in [2.05, 4.69) is 50.9 Å². The molecule has 1 heterocycles. The molecule has 0 bridgehead atoms. The Hall–Kier alpha value is -1.28. The van der Waals surface area contributed by atoms with Crippen LogP contribution in [0.2, 0.25) is 0 Å². The van der Waals surface area contributed by atoms with Crippen molar-refractivity contribution in [2.24, 2.45) is 0 Å². The van der Waals surface area contributed by atoms with Gasteiger partial charge >= 0.3 is 0 Å². The molecule has 0 saturated carbocycles. The Balaban J connectivity index is 2.16. The molecule has 0 unspecified atom stereocenters. The van der Waals surface area contributed by atoms with Gasteiger partial charge in [-0.2, -0.15) is 0 Å². The first kappa shape index (κ1) is 13.2. The molecule has 0 spiro atoms. The van der Waals surface area contributed by atoms with Crippen molar-refractivity contribution in [3.8, 4) is 0 Å². The smallest absolute Gasteiger partial charge is 0.0965 e. The summed E-state index contributed by atoms with van der Waals surface area (Å²) >= 11 is 1.81. The topological polar surface area (TPSA) is 12.9 Å². The molecule has 0 aliphatic carbocycles. The Bertz CT molecular complexity index is 538. The molecule has 1 nitrogen and oxygen atoms in total. The van der Waals surface area contributed by atoms with E-state index in [1.807, 2.05) is 24.0 Å². The zero-order valence-corrected chi connectivity index (χ0v) is 12.3. The second-order valence-corrected chi connectivity index (χ2v) is 5.83. The van der Waals surface area contributed by atoms with E-state index in [0.29, 0.717) is 0 Å². The third-order valence-electron chi connectivity index (χ3n) is 3.10. The highest BCUT2D eigenvalue weighted by atomic mass is 32.2. The molecular formula is C16H19NS. The highest BCUT2D eigenvalue weighted by Gasteiger charge is 2.05. The van der Waals surface area contributed by atoms with Crippen LogP contribution in [0.1, 0.15) is 27.8 Å². The summed E-state index contributed by atoms with van der Waals surface area (Å²) in [7, 11) is 0. The molecule has 0 atom stereocenters. The van der Waals surface area contributed by atoms with Gasteiger partial charge in [-0.05, 0) is 62.1 Å². The van der Waals surface area contributed by atoms with Crippen LogP contribution in [-0.4, -0.2) is 4.98 Å². The molecule has 18 heavy (non-hydrogen) atoms. The Labute approximate surface area is 114 Å². The predicted octanol–water partition coefficient (Wildman–Crippen LogP) is 4.61. The lowest BCUT2D eigenvalue weighted by Gasteiger charge is -2.10. The number of hydrogen-bond acceptors (Lipinski definition) is 2. The number of benzene rings is 1. The van der Waals surface area contributed by atoms with Crippen LogP contribution in [0, 0.1) is 27.7 Å². The van der Waals surface area contributed by atoms with E-state index in [1.165, 1.54) is 27.8 Å². The number of thioether (sulfide) groups is 1. The van der Waals surface area contributed by atoms with Crippen LogP contribution in [0.3, 0.4) is 0 Å². The average molecular weight is 257 g/mol. The maximum atomic E-state index is 4.39. The lowest BCUT2D eigenvalue weighted by atomic mass is 10.0. The van der Waals surface area contributed by atoms with Crippen LogP contribution in [0.5, 0.6) is 0 Å². The number of aryl methyl sites for hydroxylation is 4. The standard InChI is InChI=1S/C16H19NS/c1-11-5-6-17-16(9-11)18-10-15-13(3)7-12(2)8-14(15)4/h5-9H,10H2,1-4H3. The van der Waals surface area contributed by atoms with Crippen molar-refractivity contribution in [3.05, 3.63) is 58.3 Å². The highest BCUT2D eigenvalue weighted by molar-refractivity contribution is 7.98. The van der Waals surface area contributed by atoms with E-state index in [0.717, 1.165) is 10.8 Å². The zero-order valence-electron chi connectivity index (χ0n) is 11.4. The van der Waals surface area contributed by atoms with Crippen LogP contribution >= 0.6 is 11.8 Å². The Morgan fingerprint density at radius 1 is 0.944 bits per heavy atom. The zero-order chi connectivity index (χ0) is 13.1. The molecule has 0 amide bonds. The van der Waals surface area contributed by atoms with Crippen LogP contribution in [0.15, 0.2) is 35.5 Å². The van der Waals surface area contributed by atoms with Crippen molar-refractivity contribution in [2.75, 3.05) is 0 Å². The molecule has 0 radical (unpaired) electrons. The predicted molar refractivity (Wildman–Crippen MR) is 79.2 cm³/mol. The first-order valence-electron chi connectivity index (χ1n) is 6.18. The summed E-state index contributed by atoms with van der Waals surface area (Å²) in [4.78, 5) is 4.39. The second kappa shape index (κ2) is 5.57. The Morgan fingerprint density at radius 3 is 2.22 bits per heavy atom. The summed E-state index contributed by atoms with van der Waals surface area (Å²) in [6, 6.07) is 8.69. The minimum atomic E-state index is 0.994. The summed E-state index contributed by atoms with van der Waals surface area (Å²) in [5, 5.41) is 1.11. The Morgan fingerprint density at radius 2 is 1.61 bits per heavy atom. The van der Waals surface area contributed by atoms with E-state index in [4.69, 9.17) is 0 Å². The minimum Gasteiger partial charge on any atom is -0.250 e. The van der Waals surface area contributed by atoms with Gasteiger partial charge in [0, 0.05) is 11.9 Å². The van der Waals surface area contributed by atoms with Crippen molar-refractivity contribution < 1.29 is 0 Å². The molecule has 0 aliphatic heterocycles. The molecule has 2 aromatic rings. The fraction of sp³-hybridized carbons (Fsp3) is 0.312. The van der Waals surface area contributed by atoms with Crippen molar-refractivity contribution in [2.45, 2.75) is 38.5 Å². The molecule has 0 saturated heterocycles. The molecule has 0 aliphatic rings. The van der Waals surface area contributed by atoms with Crippen LogP contribution in [0.4, 0.5) is 0 Å². The van der Waals surface area contributed by atoms with E-state index in [-0.39, 0.29) is 0 Å². The van der Waals surface area contributed by atoms with E-state index >= 15 is 0 Å². The largest absolute Gasteiger partial charge is 0.250 e. The SMILES string of the molecule is Cc1ccnc(SCc2c(C)cc(C)cc2C)c1. The van der Waals surface area contributed by atoms with Crippen LogP contribution in [0.25, 0.3) is 0 Å². The number of pyridine rings is 1. The molecular weight excluding hydrogens is 238 g/mol. The van der Waals surface area contributed by atoms with Gasteiger partial charge in [0.2, 0.25) is 0 Å². The normalized spacial score (nSPS) is 10.7. The molecule has 0 N–H and O–H groups in total. The lowest BCUT2D eigenvalue weighted by molar-refractivity contribution is 1.11. The van der Waals surface area contributed by atoms with Gasteiger partial charge in [0.15, 0.2) is 0 Å². The first-order valence-corrected chi connectivity index (χ1v) is 7.17. The summed E-state index contributed by atoms with van der Waals surface area (Å²) in [6.45, 7) is 8.65. The van der Waals surface area contributed by atoms with Crippen LogP contribution < -0.4 is 0 Å². The van der Waals surface area contributed by atoms with Gasteiger partial charge < -0.3 is 0 Å². The maximum Gasteiger partial charge on any atom is 0.0965 e. The van der Waals surface area contributed by atoms with Crippen molar-refractivity contribution in [3.63, 3.8) is 0 Å². The quantitative estimate of drug-likeness (QED) is 0.745. The summed E-state index contributed by atoms with van der Waals surface area (Å²) in [5.41, 5.74) is 6.81. The van der Waals surface area contributed by atoms with Gasteiger partial charge in [-0.1, -0.05) is 17.7 Å². The van der Waals surface area contributed by atoms with Gasteiger partial charge in [-0.25, -0.2) is 4.98 Å². The van der Waals surface area contributed by atoms with Gasteiger partial charge in [-0.3, -0.25) is 0 Å². The molecule has 2 heteroatoms. The van der Waals surface area contributed by atoms with Crippen molar-refractivity contribution in [1.82, 2.24) is 4.98 Å². The van der Waals surface area contributed by atoms with Crippen molar-refractivity contribution >= 4 is 11.8 Å². The third-order valence-corrected chi connectivity index (χ3v) is 4.05. The third kappa shape index (κ3) is 3.14. The fourth-order valence-corrected chi connectivity index (χ4v) is 3.32. The summed E-state index contributed by atoms with van der Waals surface area (Å²) in [6.07, 6.45) is 1.88. The maximum absolute atomic E-state index is 4.39. The van der Waals surface area contributed by atoms with Gasteiger partial charge in [0.25, 0.3) is 0 Å². The highest BCUT2D eigenvalue weighted by Crippen LogP contribution is 2.26. The lowest BCUT2D eigenvalue weighted by Crippen LogP contribution is -1.93. The number of aromatic nitrogens is 1. The van der Waals surface area contributed by atoms with Gasteiger partial charge in [-0.15, -0.1) is 11.8 Å². The van der Waals surface area contributed by atoms with E-state index < -0.39 is 0 Å². The molecule has 94 valence electrons. The van der Waals surface area contributed by atoms with Gasteiger partial charge in [0.1, 0.15) is 0 Å². The van der Waals surface area contributed by atoms with E-state index in [1.54, 1.807) is 0 Å². The molecule has 1 aromatic carbocycles. The summed E-state index contributed by atoms with van der Waals surface area (Å²) in [5.74, 6) is 0.994. The molecule has 1 aromatic heterocycles. The molecule has 0 fully saturated rings. The Kier molecular flexibility index (Phi) is 4.07. The molecule has 2 rings (SSSR count). The summed E-state index contributed by atoms with van der Waals surface area (Å²) < 4.78 is 0. The monoisotopic (exact) mass is 257 g/mol. The number of hydrogen-bond donors (Lipinski definition) is 0. The van der Waals surface area contributed by atoms with Crippen LogP contribution in [-0.2, 0) is 5.75 Å². The minimum absolute atomic E-state index is 0.994. The number of rotatable bonds is 3. The van der Waals surface area contributed by atoms with E-state index in [9.17, 15) is 0 Å². The first-order chi connectivity index (χ1) is 8.56. The second-order valence-electron chi connectivity index (χ2n) is 4.84.